The minimum absolute atomic E-state index is 0.179. The molecule has 0 spiro atoms. The molecule has 0 unspecified atom stereocenters. The normalized spacial score (nSPS) is 11.1. The van der Waals surface area contributed by atoms with Gasteiger partial charge in [-0.05, 0) is 55.0 Å². The molecule has 2 aromatic rings. The lowest BCUT2D eigenvalue weighted by atomic mass is 10.2. The Morgan fingerprint density at radius 3 is 2.36 bits per heavy atom. The summed E-state index contributed by atoms with van der Waals surface area (Å²) >= 11 is 0. The molecule has 0 aliphatic rings. The first-order valence-electron chi connectivity index (χ1n) is 8.86. The Morgan fingerprint density at radius 2 is 1.79 bits per heavy atom. The van der Waals surface area contributed by atoms with Crippen molar-refractivity contribution in [2.24, 2.45) is 0 Å². The number of carbonyl (C=O) groups is 1. The molecule has 2 aromatic carbocycles. The second kappa shape index (κ2) is 9.88. The number of nitrogens with zero attached hydrogens (tertiary/aromatic N) is 2. The van der Waals surface area contributed by atoms with E-state index in [2.05, 4.69) is 5.32 Å². The van der Waals surface area contributed by atoms with E-state index in [9.17, 15) is 13.2 Å². The van der Waals surface area contributed by atoms with E-state index in [1.807, 2.05) is 13.0 Å². The molecule has 1 amide bonds. The van der Waals surface area contributed by atoms with Crippen LogP contribution in [0.5, 0.6) is 5.75 Å². The summed E-state index contributed by atoms with van der Waals surface area (Å²) in [5.41, 5.74) is 0.982. The predicted octanol–water partition coefficient (Wildman–Crippen LogP) is 3.00. The van der Waals surface area contributed by atoms with E-state index in [0.717, 1.165) is 12.8 Å². The molecule has 0 saturated carbocycles. The standard InChI is InChI=1S/C20H23N3O4S/c1-3-4-13-23(2)28(25,26)19-11-7-17(8-12-19)22-20(24)15-27-18-9-5-16(14-21)6-10-18/h5-12H,3-4,13,15H2,1-2H3,(H,22,24). The smallest absolute Gasteiger partial charge is 0.262 e. The van der Waals surface area contributed by atoms with Crippen LogP contribution in [-0.4, -0.2) is 38.8 Å². The third kappa shape index (κ3) is 5.81. The number of nitrogens with one attached hydrogen (secondary N) is 1. The first-order chi connectivity index (χ1) is 13.4. The zero-order valence-electron chi connectivity index (χ0n) is 15.9. The Labute approximate surface area is 165 Å². The molecule has 0 aromatic heterocycles. The molecule has 0 bridgehead atoms. The van der Waals surface area contributed by atoms with Crippen molar-refractivity contribution < 1.29 is 17.9 Å². The molecule has 0 aliphatic carbocycles. The number of carbonyl (C=O) groups excluding carboxylic acids is 1. The van der Waals surface area contributed by atoms with Gasteiger partial charge < -0.3 is 10.1 Å². The molecule has 2 rings (SSSR count). The van der Waals surface area contributed by atoms with Gasteiger partial charge in [0.15, 0.2) is 6.61 Å². The van der Waals surface area contributed by atoms with Gasteiger partial charge in [0, 0.05) is 19.3 Å². The molecular weight excluding hydrogens is 378 g/mol. The summed E-state index contributed by atoms with van der Waals surface area (Å²) in [4.78, 5) is 12.2. The number of anilines is 1. The van der Waals surface area contributed by atoms with Crippen LogP contribution in [-0.2, 0) is 14.8 Å². The summed E-state index contributed by atoms with van der Waals surface area (Å²) in [5.74, 6) is 0.103. The van der Waals surface area contributed by atoms with Crippen LogP contribution in [0.15, 0.2) is 53.4 Å². The van der Waals surface area contributed by atoms with E-state index >= 15 is 0 Å². The minimum Gasteiger partial charge on any atom is -0.484 e. The summed E-state index contributed by atoms with van der Waals surface area (Å²) in [7, 11) is -1.98. The average Bonchev–Trinajstić information content (AvgIpc) is 2.71. The van der Waals surface area contributed by atoms with Gasteiger partial charge in [-0.25, -0.2) is 12.7 Å². The number of sulfonamides is 1. The average molecular weight is 401 g/mol. The van der Waals surface area contributed by atoms with E-state index in [-0.39, 0.29) is 17.4 Å². The molecule has 148 valence electrons. The molecule has 0 heterocycles. The summed E-state index contributed by atoms with van der Waals surface area (Å²) in [6.07, 6.45) is 1.71. The number of nitriles is 1. The van der Waals surface area contributed by atoms with Crippen molar-refractivity contribution in [1.82, 2.24) is 4.31 Å². The van der Waals surface area contributed by atoms with Crippen LogP contribution in [0.3, 0.4) is 0 Å². The molecule has 7 nitrogen and oxygen atoms in total. The number of unbranched alkanes of at least 4 members (excludes halogenated alkanes) is 1. The fourth-order valence-electron chi connectivity index (χ4n) is 2.36. The Hall–Kier alpha value is -2.89. The van der Waals surface area contributed by atoms with Gasteiger partial charge in [-0.15, -0.1) is 0 Å². The van der Waals surface area contributed by atoms with Gasteiger partial charge in [-0.3, -0.25) is 4.79 Å². The fraction of sp³-hybridized carbons (Fsp3) is 0.300. The molecule has 0 saturated heterocycles. The van der Waals surface area contributed by atoms with Crippen LogP contribution in [0.1, 0.15) is 25.3 Å². The molecule has 28 heavy (non-hydrogen) atoms. The van der Waals surface area contributed by atoms with Gasteiger partial charge in [0.2, 0.25) is 10.0 Å². The maximum absolute atomic E-state index is 12.5. The summed E-state index contributed by atoms with van der Waals surface area (Å²) < 4.78 is 31.6. The number of hydrogen-bond donors (Lipinski definition) is 1. The lowest BCUT2D eigenvalue weighted by Gasteiger charge is -2.17. The second-order valence-electron chi connectivity index (χ2n) is 6.18. The van der Waals surface area contributed by atoms with E-state index in [1.54, 1.807) is 43.4 Å². The minimum atomic E-state index is -3.54. The number of ether oxygens (including phenoxy) is 1. The zero-order chi connectivity index (χ0) is 20.6. The quantitative estimate of drug-likeness (QED) is 0.696. The SMILES string of the molecule is CCCCN(C)S(=O)(=O)c1ccc(NC(=O)COc2ccc(C#N)cc2)cc1. The molecule has 0 atom stereocenters. The molecule has 0 fully saturated rings. The van der Waals surface area contributed by atoms with Crippen molar-refractivity contribution in [3.8, 4) is 11.8 Å². The summed E-state index contributed by atoms with van der Waals surface area (Å²) in [5, 5.41) is 11.4. The van der Waals surface area contributed by atoms with Gasteiger partial charge in [-0.1, -0.05) is 13.3 Å². The third-order valence-electron chi connectivity index (χ3n) is 4.03. The highest BCUT2D eigenvalue weighted by atomic mass is 32.2. The van der Waals surface area contributed by atoms with Crippen LogP contribution in [0.4, 0.5) is 5.69 Å². The summed E-state index contributed by atoms with van der Waals surface area (Å²) in [6, 6.07) is 14.4. The molecular formula is C20H23N3O4S. The largest absolute Gasteiger partial charge is 0.484 e. The fourth-order valence-corrected chi connectivity index (χ4v) is 3.57. The van der Waals surface area contributed by atoms with Crippen LogP contribution < -0.4 is 10.1 Å². The first-order valence-corrected chi connectivity index (χ1v) is 10.3. The Kier molecular flexibility index (Phi) is 7.55. The molecule has 0 radical (unpaired) electrons. The van der Waals surface area contributed by atoms with Crippen molar-refractivity contribution in [2.45, 2.75) is 24.7 Å². The highest BCUT2D eigenvalue weighted by Crippen LogP contribution is 2.18. The highest BCUT2D eigenvalue weighted by molar-refractivity contribution is 7.89. The third-order valence-corrected chi connectivity index (χ3v) is 5.90. The predicted molar refractivity (Wildman–Crippen MR) is 106 cm³/mol. The highest BCUT2D eigenvalue weighted by Gasteiger charge is 2.20. The van der Waals surface area contributed by atoms with E-state index in [0.29, 0.717) is 23.5 Å². The first kappa shape index (κ1) is 21.4. The topological polar surface area (TPSA) is 99.5 Å². The Morgan fingerprint density at radius 1 is 1.14 bits per heavy atom. The van der Waals surface area contributed by atoms with Crippen molar-refractivity contribution in [3.05, 3.63) is 54.1 Å². The van der Waals surface area contributed by atoms with Crippen molar-refractivity contribution in [3.63, 3.8) is 0 Å². The van der Waals surface area contributed by atoms with Gasteiger partial charge in [0.25, 0.3) is 5.91 Å². The van der Waals surface area contributed by atoms with Crippen molar-refractivity contribution in [2.75, 3.05) is 25.5 Å². The summed E-state index contributed by atoms with van der Waals surface area (Å²) in [6.45, 7) is 2.26. The molecule has 8 heteroatoms. The van der Waals surface area contributed by atoms with Crippen molar-refractivity contribution >= 4 is 21.6 Å². The van der Waals surface area contributed by atoms with Gasteiger partial charge in [0.1, 0.15) is 5.75 Å². The Balaban J connectivity index is 1.92. The number of rotatable bonds is 9. The molecule has 0 aliphatic heterocycles. The molecule has 1 N–H and O–H groups in total. The lowest BCUT2D eigenvalue weighted by molar-refractivity contribution is -0.118. The maximum Gasteiger partial charge on any atom is 0.262 e. The van der Waals surface area contributed by atoms with Crippen molar-refractivity contribution in [1.29, 1.82) is 5.26 Å². The van der Waals surface area contributed by atoms with E-state index in [4.69, 9.17) is 10.00 Å². The number of benzene rings is 2. The second-order valence-corrected chi connectivity index (χ2v) is 8.22. The van der Waals surface area contributed by atoms with Crippen LogP contribution in [0.25, 0.3) is 0 Å². The van der Waals surface area contributed by atoms with Crippen LogP contribution >= 0.6 is 0 Å². The van der Waals surface area contributed by atoms with Gasteiger partial charge in [-0.2, -0.15) is 5.26 Å². The number of hydrogen-bond acceptors (Lipinski definition) is 5. The maximum atomic E-state index is 12.5. The van der Waals surface area contributed by atoms with E-state index < -0.39 is 10.0 Å². The van der Waals surface area contributed by atoms with E-state index in [1.165, 1.54) is 16.4 Å². The Bertz CT molecular complexity index is 933. The van der Waals surface area contributed by atoms with Crippen LogP contribution in [0.2, 0.25) is 0 Å². The van der Waals surface area contributed by atoms with Crippen LogP contribution in [0, 0.1) is 11.3 Å². The lowest BCUT2D eigenvalue weighted by Crippen LogP contribution is -2.28. The van der Waals surface area contributed by atoms with Gasteiger partial charge in [0.05, 0.1) is 16.5 Å². The van der Waals surface area contributed by atoms with Gasteiger partial charge >= 0.3 is 0 Å². The number of amides is 1. The zero-order valence-corrected chi connectivity index (χ0v) is 16.7. The monoisotopic (exact) mass is 401 g/mol.